The molecular formula is C7H10NO5PS. The average Bonchev–Trinajstić information content (AvgIpc) is 2.15. The van der Waals surface area contributed by atoms with E-state index >= 15 is 0 Å². The molecule has 0 saturated heterocycles. The highest BCUT2D eigenvalue weighted by Crippen LogP contribution is 2.37. The number of nitrogens with zero attached hydrogens (tertiary/aromatic N) is 1. The summed E-state index contributed by atoms with van der Waals surface area (Å²) in [5.41, 5.74) is 0.187. The van der Waals surface area contributed by atoms with Crippen molar-refractivity contribution in [1.82, 2.24) is 0 Å². The summed E-state index contributed by atoms with van der Waals surface area (Å²) in [6.07, 6.45) is 1.23. The van der Waals surface area contributed by atoms with Crippen molar-refractivity contribution < 1.29 is 23.8 Å². The lowest BCUT2D eigenvalue weighted by atomic mass is 10.3. The Kier molecular flexibility index (Phi) is 4.01. The first-order valence-electron chi connectivity index (χ1n) is 3.88. The van der Waals surface area contributed by atoms with Crippen molar-refractivity contribution >= 4 is 18.5 Å². The van der Waals surface area contributed by atoms with Crippen molar-refractivity contribution in [3.05, 3.63) is 29.2 Å². The van der Waals surface area contributed by atoms with E-state index in [0.717, 1.165) is 0 Å². The number of rotatable bonds is 4. The van der Waals surface area contributed by atoms with Crippen LogP contribution in [0, 0.1) is 5.21 Å². The molecule has 8 heteroatoms. The van der Waals surface area contributed by atoms with Crippen LogP contribution in [0.5, 0.6) is 5.75 Å². The van der Waals surface area contributed by atoms with Gasteiger partial charge >= 0.3 is 6.72 Å². The van der Waals surface area contributed by atoms with Crippen LogP contribution in [-0.4, -0.2) is 16.9 Å². The largest absolute Gasteiger partial charge is 0.618 e. The van der Waals surface area contributed by atoms with Gasteiger partial charge < -0.3 is 19.7 Å². The average molecular weight is 251 g/mol. The van der Waals surface area contributed by atoms with Crippen LogP contribution in [0.15, 0.2) is 18.3 Å². The first kappa shape index (κ1) is 12.4. The predicted molar refractivity (Wildman–Crippen MR) is 55.5 cm³/mol. The Bertz CT molecular complexity index is 393. The van der Waals surface area contributed by atoms with Crippen LogP contribution in [0.25, 0.3) is 0 Å². The van der Waals surface area contributed by atoms with Gasteiger partial charge in [0.15, 0.2) is 6.20 Å². The van der Waals surface area contributed by atoms with E-state index in [1.807, 2.05) is 0 Å². The Morgan fingerprint density at radius 2 is 2.27 bits per heavy atom. The van der Waals surface area contributed by atoms with Gasteiger partial charge in [-0.2, -0.15) is 4.73 Å². The highest BCUT2D eigenvalue weighted by Gasteiger charge is 2.13. The topological polar surface area (TPSA) is 85.9 Å². The summed E-state index contributed by atoms with van der Waals surface area (Å²) >= 11 is 4.25. The molecule has 0 radical (unpaired) electrons. The standard InChI is InChI=1S/C7H10NO5PS/c1-12-7-2-3-8(9)6(4-7)5-13-14(10,11)15/h2-4H,5H2,1H3,(H2,10,11,15). The molecule has 1 heterocycles. The van der Waals surface area contributed by atoms with E-state index in [0.29, 0.717) is 10.5 Å². The van der Waals surface area contributed by atoms with E-state index in [2.05, 4.69) is 16.3 Å². The van der Waals surface area contributed by atoms with Crippen LogP contribution >= 0.6 is 6.72 Å². The van der Waals surface area contributed by atoms with Gasteiger partial charge in [-0.05, 0) is 11.8 Å². The molecular weight excluding hydrogens is 241 g/mol. The molecule has 6 nitrogen and oxygen atoms in total. The lowest BCUT2D eigenvalue weighted by Crippen LogP contribution is -2.31. The van der Waals surface area contributed by atoms with Crippen molar-refractivity contribution in [2.75, 3.05) is 7.11 Å². The summed E-state index contributed by atoms with van der Waals surface area (Å²) in [5, 5.41) is 11.2. The van der Waals surface area contributed by atoms with Crippen molar-refractivity contribution in [3.63, 3.8) is 0 Å². The van der Waals surface area contributed by atoms with E-state index in [-0.39, 0.29) is 12.3 Å². The lowest BCUT2D eigenvalue weighted by Gasteiger charge is -2.09. The molecule has 0 amide bonds. The third kappa shape index (κ3) is 4.11. The van der Waals surface area contributed by atoms with E-state index in [1.54, 1.807) is 0 Å². The number of aromatic nitrogens is 1. The Morgan fingerprint density at radius 3 is 2.80 bits per heavy atom. The molecule has 1 aromatic rings. The highest BCUT2D eigenvalue weighted by atomic mass is 32.5. The normalized spacial score (nSPS) is 11.4. The van der Waals surface area contributed by atoms with Crippen molar-refractivity contribution in [3.8, 4) is 5.75 Å². The quantitative estimate of drug-likeness (QED) is 0.447. The molecule has 0 aromatic carbocycles. The minimum absolute atomic E-state index is 0.187. The second-order valence-electron chi connectivity index (χ2n) is 2.65. The zero-order valence-corrected chi connectivity index (χ0v) is 9.57. The van der Waals surface area contributed by atoms with Gasteiger partial charge in [-0.1, -0.05) is 0 Å². The van der Waals surface area contributed by atoms with E-state index in [1.165, 1.54) is 25.4 Å². The van der Waals surface area contributed by atoms with E-state index in [4.69, 9.17) is 14.5 Å². The fourth-order valence-corrected chi connectivity index (χ4v) is 1.35. The molecule has 0 bridgehead atoms. The molecule has 0 fully saturated rings. The van der Waals surface area contributed by atoms with Gasteiger partial charge in [0.2, 0.25) is 5.69 Å². The molecule has 15 heavy (non-hydrogen) atoms. The van der Waals surface area contributed by atoms with Gasteiger partial charge in [0, 0.05) is 6.07 Å². The minimum atomic E-state index is -3.73. The summed E-state index contributed by atoms with van der Waals surface area (Å²) < 4.78 is 9.98. The van der Waals surface area contributed by atoms with Gasteiger partial charge in [-0.25, -0.2) is 0 Å². The minimum Gasteiger partial charge on any atom is -0.618 e. The summed E-state index contributed by atoms with van der Waals surface area (Å²) in [6.45, 7) is -4.01. The fraction of sp³-hybridized carbons (Fsp3) is 0.286. The first-order valence-corrected chi connectivity index (χ1v) is 6.51. The van der Waals surface area contributed by atoms with Crippen LogP contribution in [0.1, 0.15) is 5.69 Å². The number of ether oxygens (including phenoxy) is 1. The second-order valence-corrected chi connectivity index (χ2v) is 5.31. The van der Waals surface area contributed by atoms with Crippen LogP contribution in [0.3, 0.4) is 0 Å². The van der Waals surface area contributed by atoms with Crippen LogP contribution in [-0.2, 0) is 22.9 Å². The Morgan fingerprint density at radius 1 is 1.60 bits per heavy atom. The molecule has 0 aliphatic heterocycles. The highest BCUT2D eigenvalue weighted by molar-refractivity contribution is 8.06. The monoisotopic (exact) mass is 251 g/mol. The molecule has 0 aliphatic carbocycles. The fourth-order valence-electron chi connectivity index (χ4n) is 0.895. The van der Waals surface area contributed by atoms with Gasteiger partial charge in [-0.3, -0.25) is 4.52 Å². The Balaban J connectivity index is 2.80. The SMILES string of the molecule is COc1cc[n+]([O-])c(COP(O)(O)=S)c1. The maximum atomic E-state index is 11.2. The number of hydrogen-bond donors (Lipinski definition) is 2. The van der Waals surface area contributed by atoms with Gasteiger partial charge in [0.1, 0.15) is 12.4 Å². The second kappa shape index (κ2) is 4.87. The molecule has 0 unspecified atom stereocenters. The van der Waals surface area contributed by atoms with Crippen LogP contribution < -0.4 is 9.47 Å². The summed E-state index contributed by atoms with van der Waals surface area (Å²) in [7, 11) is 1.46. The summed E-state index contributed by atoms with van der Waals surface area (Å²) in [5.74, 6) is 0.477. The van der Waals surface area contributed by atoms with E-state index < -0.39 is 6.72 Å². The first-order chi connectivity index (χ1) is 6.92. The maximum absolute atomic E-state index is 11.2. The van der Waals surface area contributed by atoms with Gasteiger partial charge in [0.05, 0.1) is 13.2 Å². The maximum Gasteiger partial charge on any atom is 0.322 e. The Labute approximate surface area is 91.5 Å². The zero-order valence-electron chi connectivity index (χ0n) is 7.86. The third-order valence-electron chi connectivity index (χ3n) is 1.58. The molecule has 1 rings (SSSR count). The van der Waals surface area contributed by atoms with E-state index in [9.17, 15) is 5.21 Å². The van der Waals surface area contributed by atoms with Crippen LogP contribution in [0.4, 0.5) is 0 Å². The number of hydrogen-bond acceptors (Lipinski definition) is 4. The van der Waals surface area contributed by atoms with Crippen molar-refractivity contribution in [2.45, 2.75) is 6.61 Å². The molecule has 84 valence electrons. The van der Waals surface area contributed by atoms with Gasteiger partial charge in [0.25, 0.3) is 0 Å². The van der Waals surface area contributed by atoms with Crippen molar-refractivity contribution in [1.29, 1.82) is 0 Å². The van der Waals surface area contributed by atoms with Crippen LogP contribution in [0.2, 0.25) is 0 Å². The molecule has 2 N–H and O–H groups in total. The third-order valence-corrected chi connectivity index (χ3v) is 2.36. The molecule has 0 atom stereocenters. The van der Waals surface area contributed by atoms with Crippen molar-refractivity contribution in [2.24, 2.45) is 0 Å². The lowest BCUT2D eigenvalue weighted by molar-refractivity contribution is -0.616. The van der Waals surface area contributed by atoms with Gasteiger partial charge in [-0.15, -0.1) is 0 Å². The number of pyridine rings is 1. The summed E-state index contributed by atoms with van der Waals surface area (Å²) in [6, 6.07) is 2.91. The predicted octanol–water partition coefficient (Wildman–Crippen LogP) is 0.0543. The smallest absolute Gasteiger partial charge is 0.322 e. The molecule has 0 aliphatic rings. The molecule has 0 spiro atoms. The Hall–Kier alpha value is -0.720. The number of methoxy groups -OCH3 is 1. The summed E-state index contributed by atoms with van der Waals surface area (Å²) in [4.78, 5) is 17.6. The molecule has 0 saturated carbocycles. The molecule has 1 aromatic heterocycles. The zero-order chi connectivity index (χ0) is 11.5.